The fourth-order valence-corrected chi connectivity index (χ4v) is 7.84. The van der Waals surface area contributed by atoms with E-state index in [1.807, 2.05) is 0 Å². The Morgan fingerprint density at radius 2 is 0.567 bits per heavy atom. The number of ether oxygens (including phenoxy) is 3. The van der Waals surface area contributed by atoms with Crippen LogP contribution < -0.4 is 0 Å². The Bertz CT molecular complexity index is 1260. The van der Waals surface area contributed by atoms with Crippen LogP contribution in [0, 0.1) is 0 Å². The molecule has 1 atom stereocenters. The highest BCUT2D eigenvalue weighted by atomic mass is 16.6. The molecule has 0 bridgehead atoms. The van der Waals surface area contributed by atoms with Crippen molar-refractivity contribution in [3.8, 4) is 0 Å². The molecule has 67 heavy (non-hydrogen) atoms. The summed E-state index contributed by atoms with van der Waals surface area (Å²) in [5.41, 5.74) is 0. The summed E-state index contributed by atoms with van der Waals surface area (Å²) >= 11 is 0. The summed E-state index contributed by atoms with van der Waals surface area (Å²) in [4.78, 5) is 38.1. The second-order valence-corrected chi connectivity index (χ2v) is 18.8. The second-order valence-electron chi connectivity index (χ2n) is 18.8. The van der Waals surface area contributed by atoms with Crippen LogP contribution in [0.15, 0.2) is 72.9 Å². The third kappa shape index (κ3) is 53.7. The van der Waals surface area contributed by atoms with Crippen molar-refractivity contribution in [2.45, 2.75) is 284 Å². The van der Waals surface area contributed by atoms with E-state index in [0.29, 0.717) is 19.3 Å². The lowest BCUT2D eigenvalue weighted by atomic mass is 10.0. The highest BCUT2D eigenvalue weighted by Crippen LogP contribution is 2.15. The van der Waals surface area contributed by atoms with Crippen LogP contribution in [-0.2, 0) is 28.6 Å². The molecular weight excluding hydrogens is 829 g/mol. The van der Waals surface area contributed by atoms with Gasteiger partial charge in [-0.2, -0.15) is 0 Å². The lowest BCUT2D eigenvalue weighted by Gasteiger charge is -2.18. The zero-order chi connectivity index (χ0) is 48.6. The highest BCUT2D eigenvalue weighted by molar-refractivity contribution is 5.71. The van der Waals surface area contributed by atoms with Gasteiger partial charge in [-0.15, -0.1) is 0 Å². The fraction of sp³-hybridized carbons (Fsp3) is 0.754. The van der Waals surface area contributed by atoms with E-state index in [4.69, 9.17) is 14.2 Å². The molecule has 0 aromatic rings. The predicted molar refractivity (Wildman–Crippen MR) is 288 cm³/mol. The molecule has 0 spiro atoms. The molecule has 0 aromatic carbocycles. The molecule has 0 saturated heterocycles. The summed E-state index contributed by atoms with van der Waals surface area (Å²) in [6, 6.07) is 0. The normalized spacial score (nSPS) is 12.6. The minimum atomic E-state index is -0.789. The molecule has 0 radical (unpaired) electrons. The van der Waals surface area contributed by atoms with Crippen molar-refractivity contribution < 1.29 is 28.6 Å². The minimum Gasteiger partial charge on any atom is -0.462 e. The Kier molecular flexibility index (Phi) is 52.8. The quantitative estimate of drug-likeness (QED) is 0.0262. The van der Waals surface area contributed by atoms with Crippen LogP contribution in [0.25, 0.3) is 0 Å². The zero-order valence-electron chi connectivity index (χ0n) is 44.2. The number of esters is 3. The summed E-state index contributed by atoms with van der Waals surface area (Å²) in [6.45, 7) is 6.49. The van der Waals surface area contributed by atoms with Gasteiger partial charge >= 0.3 is 17.9 Å². The molecule has 1 unspecified atom stereocenters. The molecule has 0 aliphatic carbocycles. The van der Waals surface area contributed by atoms with Crippen molar-refractivity contribution in [2.75, 3.05) is 13.2 Å². The molecule has 0 aromatic heterocycles. The van der Waals surface area contributed by atoms with E-state index in [-0.39, 0.29) is 31.1 Å². The Hall–Kier alpha value is -3.15. The molecule has 0 saturated carbocycles. The molecule has 0 amide bonds. The van der Waals surface area contributed by atoms with Crippen LogP contribution in [0.2, 0.25) is 0 Å². The number of allylic oxidation sites excluding steroid dienone is 12. The van der Waals surface area contributed by atoms with E-state index in [1.165, 1.54) is 109 Å². The van der Waals surface area contributed by atoms with Gasteiger partial charge < -0.3 is 14.2 Å². The Morgan fingerprint density at radius 1 is 0.299 bits per heavy atom. The molecule has 6 nitrogen and oxygen atoms in total. The number of carbonyl (C=O) groups is 3. The molecule has 0 rings (SSSR count). The Morgan fingerprint density at radius 3 is 0.881 bits per heavy atom. The van der Waals surface area contributed by atoms with Gasteiger partial charge in [-0.05, 0) is 103 Å². The lowest BCUT2D eigenvalue weighted by molar-refractivity contribution is -0.167. The van der Waals surface area contributed by atoms with Gasteiger partial charge in [-0.1, -0.05) is 229 Å². The molecule has 0 fully saturated rings. The Labute approximate surface area is 414 Å². The van der Waals surface area contributed by atoms with Crippen molar-refractivity contribution in [1.29, 1.82) is 0 Å². The first-order valence-corrected chi connectivity index (χ1v) is 28.4. The van der Waals surface area contributed by atoms with Gasteiger partial charge in [0.15, 0.2) is 6.10 Å². The van der Waals surface area contributed by atoms with Crippen LogP contribution in [0.3, 0.4) is 0 Å². The fourth-order valence-electron chi connectivity index (χ4n) is 7.84. The maximum absolute atomic E-state index is 12.8. The zero-order valence-corrected chi connectivity index (χ0v) is 44.2. The number of rotatable bonds is 51. The van der Waals surface area contributed by atoms with Gasteiger partial charge in [0.1, 0.15) is 13.2 Å². The highest BCUT2D eigenvalue weighted by Gasteiger charge is 2.19. The van der Waals surface area contributed by atoms with Gasteiger partial charge in [-0.25, -0.2) is 0 Å². The Balaban J connectivity index is 4.30. The van der Waals surface area contributed by atoms with Gasteiger partial charge in [0.05, 0.1) is 0 Å². The largest absolute Gasteiger partial charge is 0.462 e. The van der Waals surface area contributed by atoms with Crippen molar-refractivity contribution in [3.05, 3.63) is 72.9 Å². The summed E-state index contributed by atoms with van der Waals surface area (Å²) in [5.74, 6) is -0.912. The molecule has 0 aliphatic heterocycles. The van der Waals surface area contributed by atoms with Gasteiger partial charge in [-0.3, -0.25) is 14.4 Å². The van der Waals surface area contributed by atoms with Crippen LogP contribution in [-0.4, -0.2) is 37.2 Å². The standard InChI is InChI=1S/C61H106O6/c1-4-7-10-13-16-19-22-25-26-27-28-29-30-31-32-33-34-37-39-42-45-48-51-54-60(63)66-57-58(67-61(64)55-52-49-46-43-40-36-24-21-18-15-12-9-6-3)56-65-59(62)53-50-47-44-41-38-35-23-20-17-14-11-8-5-2/h11-12,14-15,20-25,27-28,58H,4-10,13,16-19,26,29-57H2,1-3H3/b14-11-,15-12-,23-20-,24-21-,25-22-,28-27-. The lowest BCUT2D eigenvalue weighted by Crippen LogP contribution is -2.30. The summed E-state index contributed by atoms with van der Waals surface area (Å²) in [6.07, 6.45) is 70.4. The molecular formula is C61H106O6. The summed E-state index contributed by atoms with van der Waals surface area (Å²) in [5, 5.41) is 0. The third-order valence-electron chi connectivity index (χ3n) is 12.1. The first-order valence-electron chi connectivity index (χ1n) is 28.4. The van der Waals surface area contributed by atoms with Crippen LogP contribution >= 0.6 is 0 Å². The number of hydrogen-bond acceptors (Lipinski definition) is 6. The van der Waals surface area contributed by atoms with Crippen LogP contribution in [0.4, 0.5) is 0 Å². The van der Waals surface area contributed by atoms with Crippen molar-refractivity contribution >= 4 is 17.9 Å². The number of carbonyl (C=O) groups excluding carboxylic acids is 3. The average molecular weight is 936 g/mol. The van der Waals surface area contributed by atoms with E-state index < -0.39 is 6.10 Å². The van der Waals surface area contributed by atoms with Crippen molar-refractivity contribution in [2.24, 2.45) is 0 Å². The molecule has 6 heteroatoms. The number of hydrogen-bond donors (Lipinski definition) is 0. The van der Waals surface area contributed by atoms with Gasteiger partial charge in [0, 0.05) is 19.3 Å². The first kappa shape index (κ1) is 63.8. The predicted octanol–water partition coefficient (Wildman–Crippen LogP) is 19.0. The third-order valence-corrected chi connectivity index (χ3v) is 12.1. The molecule has 0 N–H and O–H groups in total. The monoisotopic (exact) mass is 935 g/mol. The first-order chi connectivity index (χ1) is 33.0. The minimum absolute atomic E-state index is 0.0864. The number of unbranched alkanes of at least 4 members (excludes halogenated alkanes) is 28. The maximum atomic E-state index is 12.8. The topological polar surface area (TPSA) is 78.9 Å². The maximum Gasteiger partial charge on any atom is 0.306 e. The molecule has 0 aliphatic rings. The van der Waals surface area contributed by atoms with Gasteiger partial charge in [0.2, 0.25) is 0 Å². The van der Waals surface area contributed by atoms with Gasteiger partial charge in [0.25, 0.3) is 0 Å². The summed E-state index contributed by atoms with van der Waals surface area (Å²) in [7, 11) is 0. The van der Waals surface area contributed by atoms with E-state index in [1.54, 1.807) is 0 Å². The molecule has 386 valence electrons. The van der Waals surface area contributed by atoms with E-state index in [9.17, 15) is 14.4 Å². The summed E-state index contributed by atoms with van der Waals surface area (Å²) < 4.78 is 16.8. The van der Waals surface area contributed by atoms with E-state index in [0.717, 1.165) is 128 Å². The SMILES string of the molecule is CCC/C=C\C/C=C\CCCCCCCC(=O)OCC(COC(=O)CCCCCCCCCCCCC/C=C\C/C=C\CCCCCCC)OC(=O)CCCCCCC/C=C\C/C=C\CCC. The second kappa shape index (κ2) is 55.4. The average Bonchev–Trinajstić information content (AvgIpc) is 3.33. The van der Waals surface area contributed by atoms with E-state index >= 15 is 0 Å². The smallest absolute Gasteiger partial charge is 0.306 e. The van der Waals surface area contributed by atoms with Crippen LogP contribution in [0.1, 0.15) is 278 Å². The molecule has 0 heterocycles. The van der Waals surface area contributed by atoms with Crippen molar-refractivity contribution in [1.82, 2.24) is 0 Å². The van der Waals surface area contributed by atoms with Crippen molar-refractivity contribution in [3.63, 3.8) is 0 Å². The van der Waals surface area contributed by atoms with E-state index in [2.05, 4.69) is 93.7 Å². The van der Waals surface area contributed by atoms with Crippen LogP contribution in [0.5, 0.6) is 0 Å².